The first-order chi connectivity index (χ1) is 7.83. The minimum absolute atomic E-state index is 0.841. The SMILES string of the molecule is COC(C)(c1ccccc1)C(C)(C)OC(=O)O. The van der Waals surface area contributed by atoms with Gasteiger partial charge in [0.1, 0.15) is 11.2 Å². The number of ether oxygens (including phenoxy) is 2. The molecule has 0 radical (unpaired) electrons. The van der Waals surface area contributed by atoms with Gasteiger partial charge < -0.3 is 14.6 Å². The van der Waals surface area contributed by atoms with Crippen LogP contribution in [0.4, 0.5) is 4.79 Å². The van der Waals surface area contributed by atoms with Crippen molar-refractivity contribution in [2.24, 2.45) is 0 Å². The van der Waals surface area contributed by atoms with Crippen molar-refractivity contribution in [3.63, 3.8) is 0 Å². The maximum absolute atomic E-state index is 10.7. The normalized spacial score (nSPS) is 15.1. The molecule has 17 heavy (non-hydrogen) atoms. The Hall–Kier alpha value is -1.55. The Bertz CT molecular complexity index is 386. The zero-order valence-corrected chi connectivity index (χ0v) is 10.6. The summed E-state index contributed by atoms with van der Waals surface area (Å²) in [5, 5.41) is 8.78. The van der Waals surface area contributed by atoms with Crippen molar-refractivity contribution >= 4 is 6.16 Å². The minimum Gasteiger partial charge on any atom is -0.450 e. The summed E-state index contributed by atoms with van der Waals surface area (Å²) in [6.07, 6.45) is -1.31. The molecule has 0 aliphatic heterocycles. The second kappa shape index (κ2) is 4.75. The molecule has 1 aromatic carbocycles. The number of methoxy groups -OCH3 is 1. The van der Waals surface area contributed by atoms with Gasteiger partial charge in [-0.2, -0.15) is 0 Å². The molecule has 0 saturated carbocycles. The molecule has 0 amide bonds. The highest BCUT2D eigenvalue weighted by Gasteiger charge is 2.46. The molecule has 94 valence electrons. The maximum atomic E-state index is 10.7. The molecule has 1 rings (SSSR count). The Morgan fingerprint density at radius 1 is 1.18 bits per heavy atom. The molecule has 0 heterocycles. The molecule has 1 atom stereocenters. The fourth-order valence-corrected chi connectivity index (χ4v) is 1.78. The highest BCUT2D eigenvalue weighted by atomic mass is 16.7. The molecule has 0 saturated heterocycles. The molecule has 0 aliphatic carbocycles. The number of rotatable bonds is 4. The number of carboxylic acid groups (broad SMARTS) is 1. The Labute approximate surface area is 101 Å². The van der Waals surface area contributed by atoms with E-state index < -0.39 is 17.4 Å². The highest BCUT2D eigenvalue weighted by molar-refractivity contribution is 5.58. The van der Waals surface area contributed by atoms with Crippen LogP contribution in [0.25, 0.3) is 0 Å². The van der Waals surface area contributed by atoms with Crippen molar-refractivity contribution < 1.29 is 19.4 Å². The van der Waals surface area contributed by atoms with Crippen LogP contribution in [0.5, 0.6) is 0 Å². The first-order valence-corrected chi connectivity index (χ1v) is 5.36. The molecule has 0 aliphatic rings. The molecule has 1 unspecified atom stereocenters. The molecule has 4 nitrogen and oxygen atoms in total. The number of benzene rings is 1. The summed E-state index contributed by atoms with van der Waals surface area (Å²) in [6.45, 7) is 5.19. The lowest BCUT2D eigenvalue weighted by atomic mass is 9.81. The van der Waals surface area contributed by atoms with Crippen molar-refractivity contribution in [2.75, 3.05) is 7.11 Å². The van der Waals surface area contributed by atoms with E-state index in [4.69, 9.17) is 14.6 Å². The number of hydrogen-bond donors (Lipinski definition) is 1. The van der Waals surface area contributed by atoms with Gasteiger partial charge in [0.05, 0.1) is 0 Å². The predicted molar refractivity (Wildman–Crippen MR) is 64.0 cm³/mol. The van der Waals surface area contributed by atoms with Crippen molar-refractivity contribution in [3.8, 4) is 0 Å². The van der Waals surface area contributed by atoms with Crippen LogP contribution in [-0.4, -0.2) is 24.0 Å². The summed E-state index contributed by atoms with van der Waals surface area (Å²) in [4.78, 5) is 10.7. The lowest BCUT2D eigenvalue weighted by Gasteiger charge is -2.41. The topological polar surface area (TPSA) is 55.8 Å². The van der Waals surface area contributed by atoms with Gasteiger partial charge in [-0.3, -0.25) is 0 Å². The van der Waals surface area contributed by atoms with Crippen molar-refractivity contribution in [1.82, 2.24) is 0 Å². The quantitative estimate of drug-likeness (QED) is 0.819. The van der Waals surface area contributed by atoms with Crippen LogP contribution >= 0.6 is 0 Å². The van der Waals surface area contributed by atoms with Gasteiger partial charge in [0.25, 0.3) is 0 Å². The van der Waals surface area contributed by atoms with Crippen LogP contribution in [-0.2, 0) is 15.1 Å². The van der Waals surface area contributed by atoms with Gasteiger partial charge in [0.2, 0.25) is 0 Å². The van der Waals surface area contributed by atoms with E-state index in [0.29, 0.717) is 0 Å². The maximum Gasteiger partial charge on any atom is 0.506 e. The van der Waals surface area contributed by atoms with E-state index in [1.165, 1.54) is 0 Å². The van der Waals surface area contributed by atoms with Gasteiger partial charge in [-0.1, -0.05) is 30.3 Å². The van der Waals surface area contributed by atoms with Crippen molar-refractivity contribution in [2.45, 2.75) is 32.0 Å². The average Bonchev–Trinajstić information content (AvgIpc) is 2.27. The Balaban J connectivity index is 3.16. The van der Waals surface area contributed by atoms with E-state index in [9.17, 15) is 4.79 Å². The third-order valence-electron chi connectivity index (χ3n) is 3.22. The summed E-state index contributed by atoms with van der Waals surface area (Å²) in [5.41, 5.74) is -0.963. The molecule has 0 aromatic heterocycles. The standard InChI is InChI=1S/C13H18O4/c1-12(2,17-11(14)15)13(3,16-4)10-8-6-5-7-9-10/h5-9H,1-4H3,(H,14,15). The molecule has 0 spiro atoms. The number of carbonyl (C=O) groups is 1. The summed E-state index contributed by atoms with van der Waals surface area (Å²) >= 11 is 0. The first-order valence-electron chi connectivity index (χ1n) is 5.36. The van der Waals surface area contributed by atoms with E-state index in [-0.39, 0.29) is 0 Å². The van der Waals surface area contributed by atoms with E-state index in [2.05, 4.69) is 0 Å². The van der Waals surface area contributed by atoms with Crippen molar-refractivity contribution in [1.29, 1.82) is 0 Å². The van der Waals surface area contributed by atoms with Crippen LogP contribution in [0.1, 0.15) is 26.3 Å². The lowest BCUT2D eigenvalue weighted by molar-refractivity contribution is -0.156. The number of hydrogen-bond acceptors (Lipinski definition) is 3. The van der Waals surface area contributed by atoms with Gasteiger partial charge in [-0.15, -0.1) is 0 Å². The fraction of sp³-hybridized carbons (Fsp3) is 0.462. The molecule has 1 aromatic rings. The van der Waals surface area contributed by atoms with Crippen LogP contribution in [0.2, 0.25) is 0 Å². The average molecular weight is 238 g/mol. The van der Waals surface area contributed by atoms with Gasteiger partial charge in [0, 0.05) is 7.11 Å². The van der Waals surface area contributed by atoms with Crippen molar-refractivity contribution in [3.05, 3.63) is 35.9 Å². The zero-order valence-electron chi connectivity index (χ0n) is 10.6. The van der Waals surface area contributed by atoms with Crippen LogP contribution < -0.4 is 0 Å². The largest absolute Gasteiger partial charge is 0.506 e. The Kier molecular flexibility index (Phi) is 3.78. The Morgan fingerprint density at radius 2 is 1.71 bits per heavy atom. The monoisotopic (exact) mass is 238 g/mol. The fourth-order valence-electron chi connectivity index (χ4n) is 1.78. The van der Waals surface area contributed by atoms with Gasteiger partial charge in [0.15, 0.2) is 0 Å². The van der Waals surface area contributed by atoms with E-state index >= 15 is 0 Å². The summed E-state index contributed by atoms with van der Waals surface area (Å²) < 4.78 is 10.4. The molecule has 1 N–H and O–H groups in total. The molecule has 4 heteroatoms. The van der Waals surface area contributed by atoms with Gasteiger partial charge >= 0.3 is 6.16 Å². The summed E-state index contributed by atoms with van der Waals surface area (Å²) in [6, 6.07) is 9.42. The Morgan fingerprint density at radius 3 is 2.12 bits per heavy atom. The van der Waals surface area contributed by atoms with Crippen LogP contribution in [0.15, 0.2) is 30.3 Å². The highest BCUT2D eigenvalue weighted by Crippen LogP contribution is 2.38. The molecule has 0 fully saturated rings. The summed E-state index contributed by atoms with van der Waals surface area (Å²) in [5.74, 6) is 0. The predicted octanol–water partition coefficient (Wildman–Crippen LogP) is 3.02. The third-order valence-corrected chi connectivity index (χ3v) is 3.22. The summed E-state index contributed by atoms with van der Waals surface area (Å²) in [7, 11) is 1.54. The minimum atomic E-state index is -1.31. The van der Waals surface area contributed by atoms with E-state index in [1.54, 1.807) is 21.0 Å². The lowest BCUT2D eigenvalue weighted by Crippen LogP contribution is -2.49. The molecular weight excluding hydrogens is 220 g/mol. The third kappa shape index (κ3) is 2.58. The van der Waals surface area contributed by atoms with E-state index in [0.717, 1.165) is 5.56 Å². The van der Waals surface area contributed by atoms with Crippen LogP contribution in [0.3, 0.4) is 0 Å². The molecular formula is C13H18O4. The second-order valence-corrected chi connectivity index (χ2v) is 4.48. The smallest absolute Gasteiger partial charge is 0.450 e. The van der Waals surface area contributed by atoms with Gasteiger partial charge in [-0.25, -0.2) is 4.79 Å². The van der Waals surface area contributed by atoms with E-state index in [1.807, 2.05) is 37.3 Å². The molecule has 0 bridgehead atoms. The zero-order chi connectivity index (χ0) is 13.1. The van der Waals surface area contributed by atoms with Crippen LogP contribution in [0, 0.1) is 0 Å². The first kappa shape index (κ1) is 13.5. The second-order valence-electron chi connectivity index (χ2n) is 4.48. The van der Waals surface area contributed by atoms with Gasteiger partial charge in [-0.05, 0) is 26.3 Å².